The highest BCUT2D eigenvalue weighted by atomic mass is 19.1. The summed E-state index contributed by atoms with van der Waals surface area (Å²) in [6.07, 6.45) is 0.00616. The van der Waals surface area contributed by atoms with Crippen LogP contribution in [0.15, 0.2) is 12.1 Å². The summed E-state index contributed by atoms with van der Waals surface area (Å²) in [5.74, 6) is -0.178. The molecule has 0 aliphatic rings. The fraction of sp³-hybridized carbons (Fsp3) is 0.364. The molecule has 0 N–H and O–H groups in total. The number of benzene rings is 1. The van der Waals surface area contributed by atoms with Crippen LogP contribution in [0.25, 0.3) is 0 Å². The van der Waals surface area contributed by atoms with Crippen molar-refractivity contribution in [3.63, 3.8) is 0 Å². The Hall–Kier alpha value is -1.58. The molecule has 15 heavy (non-hydrogen) atoms. The van der Waals surface area contributed by atoms with Crippen molar-refractivity contribution in [3.8, 4) is 11.5 Å². The molecule has 0 aromatic heterocycles. The normalized spacial score (nSPS) is 9.87. The number of rotatable bonds is 4. The predicted octanol–water partition coefficient (Wildman–Crippen LogP) is 1.97. The van der Waals surface area contributed by atoms with Crippen LogP contribution in [0.1, 0.15) is 12.5 Å². The second kappa shape index (κ2) is 4.77. The Labute approximate surface area is 87.8 Å². The number of carbonyl (C=O) groups is 1. The third kappa shape index (κ3) is 2.46. The Bertz CT molecular complexity index is 374. The Morgan fingerprint density at radius 1 is 1.27 bits per heavy atom. The van der Waals surface area contributed by atoms with Crippen molar-refractivity contribution < 1.29 is 18.7 Å². The third-order valence-electron chi connectivity index (χ3n) is 2.03. The summed E-state index contributed by atoms with van der Waals surface area (Å²) in [5.41, 5.74) is 0.240. The maximum atomic E-state index is 13.7. The zero-order valence-corrected chi connectivity index (χ0v) is 8.96. The standard InChI is InChI=1S/C11H13FO3/c1-7(13)6-8-9(14-2)4-5-10(15-3)11(8)12/h4-5H,6H2,1-3H3. The molecule has 0 unspecified atom stereocenters. The van der Waals surface area contributed by atoms with Crippen LogP contribution in [-0.4, -0.2) is 20.0 Å². The number of halogens is 1. The van der Waals surface area contributed by atoms with E-state index in [4.69, 9.17) is 9.47 Å². The molecule has 0 aliphatic carbocycles. The average Bonchev–Trinajstić information content (AvgIpc) is 2.20. The largest absolute Gasteiger partial charge is 0.496 e. The van der Waals surface area contributed by atoms with Gasteiger partial charge >= 0.3 is 0 Å². The van der Waals surface area contributed by atoms with Crippen LogP contribution in [0.3, 0.4) is 0 Å². The van der Waals surface area contributed by atoms with Crippen molar-refractivity contribution in [1.82, 2.24) is 0 Å². The number of methoxy groups -OCH3 is 2. The van der Waals surface area contributed by atoms with E-state index >= 15 is 0 Å². The zero-order valence-electron chi connectivity index (χ0n) is 8.96. The quantitative estimate of drug-likeness (QED) is 0.765. The second-order valence-electron chi connectivity index (χ2n) is 3.14. The van der Waals surface area contributed by atoms with Gasteiger partial charge in [0.1, 0.15) is 11.5 Å². The molecule has 0 aliphatic heterocycles. The molecule has 1 rings (SSSR count). The molecule has 3 nitrogen and oxygen atoms in total. The van der Waals surface area contributed by atoms with Crippen molar-refractivity contribution in [2.75, 3.05) is 14.2 Å². The predicted molar refractivity (Wildman–Crippen MR) is 53.9 cm³/mol. The average molecular weight is 212 g/mol. The van der Waals surface area contributed by atoms with Crippen LogP contribution in [0, 0.1) is 5.82 Å². The van der Waals surface area contributed by atoms with E-state index in [2.05, 4.69) is 0 Å². The van der Waals surface area contributed by atoms with Crippen molar-refractivity contribution in [2.45, 2.75) is 13.3 Å². The van der Waals surface area contributed by atoms with Crippen LogP contribution in [-0.2, 0) is 11.2 Å². The molecule has 0 saturated carbocycles. The minimum Gasteiger partial charge on any atom is -0.496 e. The maximum Gasteiger partial charge on any atom is 0.172 e. The van der Waals surface area contributed by atoms with Crippen LogP contribution in [0.2, 0.25) is 0 Å². The lowest BCUT2D eigenvalue weighted by atomic mass is 10.1. The summed E-state index contributed by atoms with van der Waals surface area (Å²) < 4.78 is 23.5. The number of hydrogen-bond acceptors (Lipinski definition) is 3. The van der Waals surface area contributed by atoms with E-state index in [1.54, 1.807) is 6.07 Å². The van der Waals surface area contributed by atoms with Gasteiger partial charge in [0.2, 0.25) is 0 Å². The van der Waals surface area contributed by atoms with E-state index in [1.165, 1.54) is 27.2 Å². The van der Waals surface area contributed by atoms with Gasteiger partial charge in [-0.25, -0.2) is 4.39 Å². The molecular formula is C11H13FO3. The molecule has 0 bridgehead atoms. The van der Waals surface area contributed by atoms with Crippen LogP contribution >= 0.6 is 0 Å². The van der Waals surface area contributed by atoms with Gasteiger partial charge in [0.15, 0.2) is 11.6 Å². The molecule has 0 heterocycles. The summed E-state index contributed by atoms with van der Waals surface area (Å²) in [4.78, 5) is 11.0. The first-order valence-corrected chi connectivity index (χ1v) is 4.49. The number of Topliss-reactive ketones (excluding diaryl/α,β-unsaturated/α-hetero) is 1. The van der Waals surface area contributed by atoms with E-state index in [-0.39, 0.29) is 23.5 Å². The monoisotopic (exact) mass is 212 g/mol. The second-order valence-corrected chi connectivity index (χ2v) is 3.14. The molecule has 0 amide bonds. The lowest BCUT2D eigenvalue weighted by Gasteiger charge is -2.10. The van der Waals surface area contributed by atoms with E-state index in [0.29, 0.717) is 5.75 Å². The molecule has 4 heteroatoms. The Kier molecular flexibility index (Phi) is 3.66. The highest BCUT2D eigenvalue weighted by Crippen LogP contribution is 2.29. The summed E-state index contributed by atoms with van der Waals surface area (Å²) in [5, 5.41) is 0. The lowest BCUT2D eigenvalue weighted by molar-refractivity contribution is -0.116. The van der Waals surface area contributed by atoms with Gasteiger partial charge < -0.3 is 9.47 Å². The first-order valence-electron chi connectivity index (χ1n) is 4.49. The minimum absolute atomic E-state index is 0.00616. The van der Waals surface area contributed by atoms with Crippen LogP contribution < -0.4 is 9.47 Å². The first-order chi connectivity index (χ1) is 7.10. The van der Waals surface area contributed by atoms with Gasteiger partial charge in [0, 0.05) is 12.0 Å². The number of ketones is 1. The van der Waals surface area contributed by atoms with Crippen LogP contribution in [0.5, 0.6) is 11.5 Å². The smallest absolute Gasteiger partial charge is 0.172 e. The summed E-state index contributed by atoms with van der Waals surface area (Å²) in [6, 6.07) is 3.05. The van der Waals surface area contributed by atoms with E-state index in [0.717, 1.165) is 0 Å². The summed E-state index contributed by atoms with van der Waals surface area (Å²) in [6.45, 7) is 1.40. The fourth-order valence-electron chi connectivity index (χ4n) is 1.34. The highest BCUT2D eigenvalue weighted by molar-refractivity contribution is 5.79. The van der Waals surface area contributed by atoms with Gasteiger partial charge in [-0.3, -0.25) is 4.79 Å². The van der Waals surface area contributed by atoms with Crippen LogP contribution in [0.4, 0.5) is 4.39 Å². The van der Waals surface area contributed by atoms with Crippen molar-refractivity contribution >= 4 is 5.78 Å². The maximum absolute atomic E-state index is 13.7. The molecular weight excluding hydrogens is 199 g/mol. The molecule has 0 atom stereocenters. The SMILES string of the molecule is COc1ccc(OC)c(CC(C)=O)c1F. The van der Waals surface area contributed by atoms with Crippen molar-refractivity contribution in [2.24, 2.45) is 0 Å². The molecule has 1 aromatic rings. The Balaban J connectivity index is 3.22. The molecule has 0 radical (unpaired) electrons. The highest BCUT2D eigenvalue weighted by Gasteiger charge is 2.15. The Morgan fingerprint density at radius 2 is 1.80 bits per heavy atom. The molecule has 0 fully saturated rings. The van der Waals surface area contributed by atoms with Gasteiger partial charge in [0.05, 0.1) is 14.2 Å². The van der Waals surface area contributed by atoms with Gasteiger partial charge in [-0.05, 0) is 19.1 Å². The Morgan fingerprint density at radius 3 is 2.27 bits per heavy atom. The number of ether oxygens (including phenoxy) is 2. The van der Waals surface area contributed by atoms with Gasteiger partial charge in [0.25, 0.3) is 0 Å². The molecule has 1 aromatic carbocycles. The molecule has 82 valence electrons. The fourth-order valence-corrected chi connectivity index (χ4v) is 1.34. The zero-order chi connectivity index (χ0) is 11.4. The van der Waals surface area contributed by atoms with E-state index in [9.17, 15) is 9.18 Å². The third-order valence-corrected chi connectivity index (χ3v) is 2.03. The van der Waals surface area contributed by atoms with Crippen molar-refractivity contribution in [1.29, 1.82) is 0 Å². The van der Waals surface area contributed by atoms with E-state index in [1.807, 2.05) is 0 Å². The van der Waals surface area contributed by atoms with E-state index < -0.39 is 5.82 Å². The number of hydrogen-bond donors (Lipinski definition) is 0. The van der Waals surface area contributed by atoms with Gasteiger partial charge in [-0.15, -0.1) is 0 Å². The summed E-state index contributed by atoms with van der Waals surface area (Å²) >= 11 is 0. The van der Waals surface area contributed by atoms with Gasteiger partial charge in [-0.2, -0.15) is 0 Å². The first kappa shape index (κ1) is 11.5. The minimum atomic E-state index is -0.535. The molecule has 0 spiro atoms. The van der Waals surface area contributed by atoms with Crippen molar-refractivity contribution in [3.05, 3.63) is 23.5 Å². The molecule has 0 saturated heterocycles. The topological polar surface area (TPSA) is 35.5 Å². The lowest BCUT2D eigenvalue weighted by Crippen LogP contribution is -2.04. The number of carbonyl (C=O) groups excluding carboxylic acids is 1. The van der Waals surface area contributed by atoms with Gasteiger partial charge in [-0.1, -0.05) is 0 Å². The summed E-state index contributed by atoms with van der Waals surface area (Å²) in [7, 11) is 2.81.